The summed E-state index contributed by atoms with van der Waals surface area (Å²) < 4.78 is 11.2. The topological polar surface area (TPSA) is 84.9 Å². The van der Waals surface area contributed by atoms with E-state index in [-0.39, 0.29) is 18.2 Å². The molecule has 39 heavy (non-hydrogen) atoms. The van der Waals surface area contributed by atoms with Crippen LogP contribution in [0.5, 0.6) is 5.75 Å². The number of amides is 2. The molecule has 1 unspecified atom stereocenters. The number of piperazine rings is 1. The highest BCUT2D eigenvalue weighted by molar-refractivity contribution is 5.99. The van der Waals surface area contributed by atoms with Crippen LogP contribution in [0.4, 0.5) is 0 Å². The first-order chi connectivity index (χ1) is 19.1. The Labute approximate surface area is 233 Å². The van der Waals surface area contributed by atoms with E-state index in [1.54, 1.807) is 24.3 Å². The molecule has 0 radical (unpaired) electrons. The molecule has 0 aliphatic carbocycles. The summed E-state index contributed by atoms with van der Waals surface area (Å²) in [5, 5.41) is 2.77. The fourth-order valence-electron chi connectivity index (χ4n) is 4.75. The van der Waals surface area contributed by atoms with E-state index in [2.05, 4.69) is 12.2 Å². The lowest BCUT2D eigenvalue weighted by atomic mass is 10.1. The first kappa shape index (κ1) is 30.2. The van der Waals surface area contributed by atoms with Crippen molar-refractivity contribution in [2.75, 3.05) is 19.7 Å². The Morgan fingerprint density at radius 2 is 1.51 bits per heavy atom. The summed E-state index contributed by atoms with van der Waals surface area (Å²) >= 11 is 0. The molecular formula is C32H44N2O5. The van der Waals surface area contributed by atoms with Gasteiger partial charge in [-0.25, -0.2) is 0 Å². The quantitative estimate of drug-likeness (QED) is 0.196. The predicted molar refractivity (Wildman–Crippen MR) is 152 cm³/mol. The molecule has 2 amide bonds. The Balaban J connectivity index is 1.39. The number of carbonyl (C=O) groups excluding carboxylic acids is 3. The molecule has 2 aromatic carbocycles. The maximum absolute atomic E-state index is 13.2. The van der Waals surface area contributed by atoms with Gasteiger partial charge in [-0.3, -0.25) is 14.4 Å². The zero-order valence-corrected chi connectivity index (χ0v) is 23.4. The molecule has 0 bridgehead atoms. The highest BCUT2D eigenvalue weighted by Crippen LogP contribution is 2.19. The highest BCUT2D eigenvalue weighted by atomic mass is 16.5. The minimum atomic E-state index is -0.875. The van der Waals surface area contributed by atoms with Crippen LogP contribution in [0, 0.1) is 0 Å². The number of benzene rings is 2. The Morgan fingerprint density at radius 3 is 2.18 bits per heavy atom. The number of nitrogens with one attached hydrogen (secondary N) is 1. The number of ether oxygens (including phenoxy) is 2. The number of nitrogens with zero attached hydrogens (tertiary/aromatic N) is 1. The van der Waals surface area contributed by atoms with E-state index >= 15 is 0 Å². The average Bonchev–Trinajstić information content (AvgIpc) is 2.96. The van der Waals surface area contributed by atoms with Gasteiger partial charge in [0, 0.05) is 18.7 Å². The Kier molecular flexibility index (Phi) is 13.4. The lowest BCUT2D eigenvalue weighted by Crippen LogP contribution is -2.57. The van der Waals surface area contributed by atoms with Gasteiger partial charge in [-0.05, 0) is 36.2 Å². The summed E-state index contributed by atoms with van der Waals surface area (Å²) in [4.78, 5) is 39.8. The van der Waals surface area contributed by atoms with Crippen LogP contribution in [-0.2, 0) is 20.9 Å². The van der Waals surface area contributed by atoms with Crippen molar-refractivity contribution in [2.45, 2.75) is 90.2 Å². The molecule has 0 spiro atoms. The smallest absolute Gasteiger partial charge is 0.308 e. The highest BCUT2D eigenvalue weighted by Gasteiger charge is 2.35. The molecule has 0 aromatic heterocycles. The average molecular weight is 537 g/mol. The van der Waals surface area contributed by atoms with E-state index in [0.717, 1.165) is 24.8 Å². The first-order valence-electron chi connectivity index (χ1n) is 14.6. The Hall–Kier alpha value is -3.35. The molecule has 1 N–H and O–H groups in total. The van der Waals surface area contributed by atoms with Crippen LogP contribution in [0.2, 0.25) is 0 Å². The molecule has 7 heteroatoms. The van der Waals surface area contributed by atoms with Gasteiger partial charge in [0.15, 0.2) is 0 Å². The molecule has 212 valence electrons. The van der Waals surface area contributed by atoms with Crippen LogP contribution >= 0.6 is 0 Å². The summed E-state index contributed by atoms with van der Waals surface area (Å²) in [6.45, 7) is 3.71. The van der Waals surface area contributed by atoms with Gasteiger partial charge in [-0.1, -0.05) is 95.0 Å². The minimum Gasteiger partial charge on any atom is -0.489 e. The lowest BCUT2D eigenvalue weighted by molar-refractivity contribution is -0.147. The zero-order valence-electron chi connectivity index (χ0n) is 23.4. The van der Waals surface area contributed by atoms with Crippen LogP contribution in [0.15, 0.2) is 54.6 Å². The summed E-state index contributed by atoms with van der Waals surface area (Å²) in [6.07, 6.45) is 11.9. The monoisotopic (exact) mass is 536 g/mol. The van der Waals surface area contributed by atoms with E-state index in [9.17, 15) is 14.4 Å². The number of esters is 1. The Bertz CT molecular complexity index is 1010. The minimum absolute atomic E-state index is 0.145. The van der Waals surface area contributed by atoms with Crippen molar-refractivity contribution in [1.29, 1.82) is 0 Å². The third-order valence-electron chi connectivity index (χ3n) is 7.06. The number of unbranched alkanes of at least 4 members (excludes halogenated alkanes) is 9. The number of hydrogen-bond donors (Lipinski definition) is 1. The van der Waals surface area contributed by atoms with Crippen LogP contribution < -0.4 is 10.1 Å². The van der Waals surface area contributed by atoms with Crippen molar-refractivity contribution in [2.24, 2.45) is 0 Å². The predicted octanol–water partition coefficient (Wildman–Crippen LogP) is 6.06. The van der Waals surface area contributed by atoms with Crippen molar-refractivity contribution in [1.82, 2.24) is 10.2 Å². The molecule has 1 aliphatic heterocycles. The molecular weight excluding hydrogens is 492 g/mol. The summed E-state index contributed by atoms with van der Waals surface area (Å²) in [7, 11) is 0. The molecule has 0 saturated carbocycles. The SMILES string of the molecule is CCCCCCCCCCCCOC(=O)CC1C(=O)NCCN1C(=O)c1ccc(OCc2ccccc2)cc1. The third-order valence-corrected chi connectivity index (χ3v) is 7.06. The van der Waals surface area contributed by atoms with E-state index in [1.807, 2.05) is 30.3 Å². The molecule has 1 aliphatic rings. The van der Waals surface area contributed by atoms with Crippen molar-refractivity contribution >= 4 is 17.8 Å². The van der Waals surface area contributed by atoms with E-state index in [0.29, 0.717) is 37.6 Å². The van der Waals surface area contributed by atoms with Gasteiger partial charge in [0.25, 0.3) is 5.91 Å². The number of hydrogen-bond acceptors (Lipinski definition) is 5. The van der Waals surface area contributed by atoms with E-state index in [1.165, 1.54) is 49.8 Å². The largest absolute Gasteiger partial charge is 0.489 e. The van der Waals surface area contributed by atoms with Gasteiger partial charge in [0.1, 0.15) is 18.4 Å². The molecule has 1 atom stereocenters. The van der Waals surface area contributed by atoms with E-state index in [4.69, 9.17) is 9.47 Å². The zero-order chi connectivity index (χ0) is 27.7. The molecule has 1 fully saturated rings. The normalized spacial score (nSPS) is 15.1. The fourth-order valence-corrected chi connectivity index (χ4v) is 4.75. The molecule has 2 aromatic rings. The van der Waals surface area contributed by atoms with Crippen LogP contribution in [0.1, 0.15) is 93.5 Å². The summed E-state index contributed by atoms with van der Waals surface area (Å²) in [6, 6.07) is 15.8. The van der Waals surface area contributed by atoms with Crippen molar-refractivity contribution in [3.8, 4) is 5.75 Å². The van der Waals surface area contributed by atoms with Gasteiger partial charge in [0.05, 0.1) is 13.0 Å². The van der Waals surface area contributed by atoms with Crippen molar-refractivity contribution in [3.63, 3.8) is 0 Å². The summed E-state index contributed by atoms with van der Waals surface area (Å²) in [5.41, 5.74) is 1.50. The molecule has 7 nitrogen and oxygen atoms in total. The molecule has 1 saturated heterocycles. The van der Waals surface area contributed by atoms with E-state index < -0.39 is 12.0 Å². The maximum atomic E-state index is 13.2. The maximum Gasteiger partial charge on any atom is 0.308 e. The summed E-state index contributed by atoms with van der Waals surface area (Å²) in [5.74, 6) is -0.408. The standard InChI is InChI=1S/C32H44N2O5/c1-2-3-4-5-6-7-8-9-10-14-23-38-30(35)24-29-31(36)33-21-22-34(29)32(37)27-17-19-28(20-18-27)39-25-26-15-12-11-13-16-26/h11-13,15-20,29H,2-10,14,21-25H2,1H3,(H,33,36). The lowest BCUT2D eigenvalue weighted by Gasteiger charge is -2.34. The third kappa shape index (κ3) is 10.7. The number of rotatable bonds is 17. The second kappa shape index (κ2) is 17.3. The van der Waals surface area contributed by atoms with Gasteiger partial charge in [0.2, 0.25) is 5.91 Å². The number of carbonyl (C=O) groups is 3. The van der Waals surface area contributed by atoms with Crippen LogP contribution in [-0.4, -0.2) is 48.4 Å². The van der Waals surface area contributed by atoms with Crippen LogP contribution in [0.25, 0.3) is 0 Å². The Morgan fingerprint density at radius 1 is 0.872 bits per heavy atom. The molecule has 1 heterocycles. The van der Waals surface area contributed by atoms with Gasteiger partial charge in [-0.2, -0.15) is 0 Å². The first-order valence-corrected chi connectivity index (χ1v) is 14.6. The second-order valence-electron chi connectivity index (χ2n) is 10.2. The van der Waals surface area contributed by atoms with Crippen LogP contribution in [0.3, 0.4) is 0 Å². The van der Waals surface area contributed by atoms with Gasteiger partial charge >= 0.3 is 5.97 Å². The molecule has 3 rings (SSSR count). The van der Waals surface area contributed by atoms with Gasteiger partial charge in [-0.15, -0.1) is 0 Å². The van der Waals surface area contributed by atoms with Gasteiger partial charge < -0.3 is 19.7 Å². The van der Waals surface area contributed by atoms with Crippen molar-refractivity contribution < 1.29 is 23.9 Å². The fraction of sp³-hybridized carbons (Fsp3) is 0.531. The van der Waals surface area contributed by atoms with Crippen molar-refractivity contribution in [3.05, 3.63) is 65.7 Å². The second-order valence-corrected chi connectivity index (χ2v) is 10.2.